The van der Waals surface area contributed by atoms with Crippen LogP contribution in [0.2, 0.25) is 0 Å². The number of carbonyl (C=O) groups excluding carboxylic acids is 1. The van der Waals surface area contributed by atoms with Gasteiger partial charge in [0.2, 0.25) is 5.91 Å². The summed E-state index contributed by atoms with van der Waals surface area (Å²) in [5, 5.41) is 6.88. The van der Waals surface area contributed by atoms with Gasteiger partial charge in [-0.05, 0) is 38.1 Å². The maximum Gasteiger partial charge on any atom is 0.229 e. The summed E-state index contributed by atoms with van der Waals surface area (Å²) in [7, 11) is 0. The van der Waals surface area contributed by atoms with Crippen LogP contribution in [0.25, 0.3) is 0 Å². The molecule has 3 rings (SSSR count). The van der Waals surface area contributed by atoms with Gasteiger partial charge in [0, 0.05) is 15.4 Å². The molecule has 1 aromatic heterocycles. The van der Waals surface area contributed by atoms with Crippen LogP contribution in [-0.4, -0.2) is 11.1 Å². The molecule has 0 unspecified atom stereocenters. The van der Waals surface area contributed by atoms with Gasteiger partial charge in [-0.1, -0.05) is 47.3 Å². The van der Waals surface area contributed by atoms with Gasteiger partial charge >= 0.3 is 0 Å². The quantitative estimate of drug-likeness (QED) is 0.737. The fraction of sp³-hybridized carbons (Fsp3) is 0.158. The number of para-hydroxylation sites is 1. The monoisotopic (exact) mass is 338 g/mol. The van der Waals surface area contributed by atoms with E-state index in [1.807, 2.05) is 68.4 Å². The first-order valence-electron chi connectivity index (χ1n) is 7.67. The number of nitrogens with zero attached hydrogens (tertiary/aromatic N) is 1. The van der Waals surface area contributed by atoms with E-state index in [9.17, 15) is 4.79 Å². The van der Waals surface area contributed by atoms with Crippen LogP contribution in [-0.2, 0) is 11.2 Å². The second kappa shape index (κ2) is 7.36. The molecule has 0 atom stereocenters. The van der Waals surface area contributed by atoms with Gasteiger partial charge in [-0.3, -0.25) is 4.79 Å². The Morgan fingerprint density at radius 3 is 2.50 bits per heavy atom. The highest BCUT2D eigenvalue weighted by atomic mass is 32.2. The number of benzene rings is 2. The van der Waals surface area contributed by atoms with E-state index in [0.717, 1.165) is 26.7 Å². The lowest BCUT2D eigenvalue weighted by Crippen LogP contribution is -2.15. The molecule has 3 aromatic rings. The van der Waals surface area contributed by atoms with Gasteiger partial charge in [-0.2, -0.15) is 0 Å². The van der Waals surface area contributed by atoms with E-state index in [-0.39, 0.29) is 12.3 Å². The summed E-state index contributed by atoms with van der Waals surface area (Å²) >= 11 is 1.62. The van der Waals surface area contributed by atoms with Crippen molar-refractivity contribution in [2.75, 3.05) is 5.32 Å². The summed E-state index contributed by atoms with van der Waals surface area (Å²) in [6, 6.07) is 17.9. The van der Waals surface area contributed by atoms with Crippen LogP contribution < -0.4 is 5.32 Å². The van der Waals surface area contributed by atoms with Crippen molar-refractivity contribution in [3.05, 3.63) is 71.6 Å². The normalized spacial score (nSPS) is 10.6. The minimum atomic E-state index is -0.0782. The van der Waals surface area contributed by atoms with E-state index in [0.29, 0.717) is 5.76 Å². The van der Waals surface area contributed by atoms with Crippen molar-refractivity contribution in [1.82, 2.24) is 5.16 Å². The summed E-state index contributed by atoms with van der Waals surface area (Å²) in [6.07, 6.45) is 0.255. The Morgan fingerprint density at radius 2 is 1.79 bits per heavy atom. The number of anilines is 1. The zero-order chi connectivity index (χ0) is 16.9. The van der Waals surface area contributed by atoms with E-state index in [1.165, 1.54) is 0 Å². The molecule has 0 saturated heterocycles. The van der Waals surface area contributed by atoms with Crippen molar-refractivity contribution < 1.29 is 9.32 Å². The zero-order valence-electron chi connectivity index (χ0n) is 13.6. The summed E-state index contributed by atoms with van der Waals surface area (Å²) in [5.74, 6) is 0.611. The average molecular weight is 338 g/mol. The second-order valence-electron chi connectivity index (χ2n) is 5.44. The van der Waals surface area contributed by atoms with Crippen LogP contribution in [0.3, 0.4) is 0 Å². The van der Waals surface area contributed by atoms with Crippen molar-refractivity contribution in [2.24, 2.45) is 0 Å². The smallest absolute Gasteiger partial charge is 0.229 e. The Hall–Kier alpha value is -2.53. The molecule has 0 fully saturated rings. The predicted molar refractivity (Wildman–Crippen MR) is 95.3 cm³/mol. The first-order valence-corrected chi connectivity index (χ1v) is 8.48. The fourth-order valence-electron chi connectivity index (χ4n) is 2.38. The third-order valence-electron chi connectivity index (χ3n) is 3.65. The highest BCUT2D eigenvalue weighted by Crippen LogP contribution is 2.33. The van der Waals surface area contributed by atoms with Gasteiger partial charge in [0.05, 0.1) is 17.8 Å². The van der Waals surface area contributed by atoms with Gasteiger partial charge in [-0.25, -0.2) is 0 Å². The summed E-state index contributed by atoms with van der Waals surface area (Å²) in [5.41, 5.74) is 2.42. The lowest BCUT2D eigenvalue weighted by atomic mass is 10.1. The zero-order valence-corrected chi connectivity index (χ0v) is 14.4. The minimum Gasteiger partial charge on any atom is -0.361 e. The maximum atomic E-state index is 12.4. The van der Waals surface area contributed by atoms with E-state index in [4.69, 9.17) is 4.52 Å². The van der Waals surface area contributed by atoms with Crippen molar-refractivity contribution in [3.8, 4) is 0 Å². The Balaban J connectivity index is 1.74. The number of hydrogen-bond donors (Lipinski definition) is 1. The highest BCUT2D eigenvalue weighted by molar-refractivity contribution is 7.99. The van der Waals surface area contributed by atoms with Crippen molar-refractivity contribution in [2.45, 2.75) is 30.1 Å². The van der Waals surface area contributed by atoms with Crippen molar-refractivity contribution >= 4 is 23.4 Å². The van der Waals surface area contributed by atoms with Crippen LogP contribution in [0.4, 0.5) is 5.69 Å². The molecule has 0 radical (unpaired) electrons. The van der Waals surface area contributed by atoms with Crippen LogP contribution in [0.5, 0.6) is 0 Å². The third-order valence-corrected chi connectivity index (χ3v) is 4.73. The van der Waals surface area contributed by atoms with Crippen LogP contribution in [0, 0.1) is 13.8 Å². The largest absolute Gasteiger partial charge is 0.361 e. The molecule has 0 aliphatic rings. The molecular formula is C19H18N2O2S. The van der Waals surface area contributed by atoms with Gasteiger partial charge < -0.3 is 9.84 Å². The lowest BCUT2D eigenvalue weighted by Gasteiger charge is -2.10. The number of rotatable bonds is 5. The molecule has 122 valence electrons. The van der Waals surface area contributed by atoms with E-state index < -0.39 is 0 Å². The van der Waals surface area contributed by atoms with Gasteiger partial charge in [0.15, 0.2) is 0 Å². The minimum absolute atomic E-state index is 0.0782. The Labute approximate surface area is 145 Å². The van der Waals surface area contributed by atoms with E-state index in [2.05, 4.69) is 10.5 Å². The number of aryl methyl sites for hydroxylation is 2. The molecule has 0 saturated carbocycles. The summed E-state index contributed by atoms with van der Waals surface area (Å²) < 4.78 is 5.11. The van der Waals surface area contributed by atoms with Gasteiger partial charge in [-0.15, -0.1) is 0 Å². The number of aromatic nitrogens is 1. The number of carbonyl (C=O) groups is 1. The molecule has 0 spiro atoms. The Kier molecular flexibility index (Phi) is 5.01. The first kappa shape index (κ1) is 16.3. The first-order chi connectivity index (χ1) is 11.6. The highest BCUT2D eigenvalue weighted by Gasteiger charge is 2.14. The van der Waals surface area contributed by atoms with E-state index >= 15 is 0 Å². The average Bonchev–Trinajstić information content (AvgIpc) is 2.89. The molecule has 0 aliphatic heterocycles. The molecule has 2 aromatic carbocycles. The van der Waals surface area contributed by atoms with Gasteiger partial charge in [0.25, 0.3) is 0 Å². The lowest BCUT2D eigenvalue weighted by molar-refractivity contribution is -0.115. The van der Waals surface area contributed by atoms with E-state index in [1.54, 1.807) is 11.8 Å². The van der Waals surface area contributed by atoms with Crippen LogP contribution >= 0.6 is 11.8 Å². The molecule has 4 nitrogen and oxygen atoms in total. The third kappa shape index (κ3) is 3.86. The maximum absolute atomic E-state index is 12.4. The molecule has 24 heavy (non-hydrogen) atoms. The Morgan fingerprint density at radius 1 is 1.08 bits per heavy atom. The molecule has 1 heterocycles. The summed E-state index contributed by atoms with van der Waals surface area (Å²) in [6.45, 7) is 3.67. The number of nitrogens with one attached hydrogen (secondary N) is 1. The van der Waals surface area contributed by atoms with Crippen molar-refractivity contribution in [3.63, 3.8) is 0 Å². The number of hydrogen-bond acceptors (Lipinski definition) is 4. The standard InChI is InChI=1S/C19H18N2O2S/c1-13-16(14(2)23-21-13)12-19(22)20-17-10-6-7-11-18(17)24-15-8-4-3-5-9-15/h3-11H,12H2,1-2H3,(H,20,22). The van der Waals surface area contributed by atoms with Crippen LogP contribution in [0.1, 0.15) is 17.0 Å². The van der Waals surface area contributed by atoms with Gasteiger partial charge in [0.1, 0.15) is 5.76 Å². The molecule has 0 bridgehead atoms. The summed E-state index contributed by atoms with van der Waals surface area (Å²) in [4.78, 5) is 14.5. The number of amides is 1. The Bertz CT molecular complexity index is 824. The molecule has 1 N–H and O–H groups in total. The second-order valence-corrected chi connectivity index (χ2v) is 6.55. The topological polar surface area (TPSA) is 55.1 Å². The fourth-order valence-corrected chi connectivity index (χ4v) is 3.31. The SMILES string of the molecule is Cc1noc(C)c1CC(=O)Nc1ccccc1Sc1ccccc1. The van der Waals surface area contributed by atoms with Crippen molar-refractivity contribution in [1.29, 1.82) is 0 Å². The van der Waals surface area contributed by atoms with Crippen LogP contribution in [0.15, 0.2) is 68.9 Å². The predicted octanol–water partition coefficient (Wildman–Crippen LogP) is 4.62. The molecule has 0 aliphatic carbocycles. The molecule has 1 amide bonds. The molecule has 5 heteroatoms. The molecular weight excluding hydrogens is 320 g/mol.